The summed E-state index contributed by atoms with van der Waals surface area (Å²) in [7, 11) is 0. The molecule has 0 aliphatic heterocycles. The van der Waals surface area contributed by atoms with Crippen molar-refractivity contribution in [1.29, 1.82) is 0 Å². The molecule has 1 saturated carbocycles. The van der Waals surface area contributed by atoms with E-state index in [1.165, 1.54) is 22.4 Å². The fourth-order valence-corrected chi connectivity index (χ4v) is 4.31. The van der Waals surface area contributed by atoms with Gasteiger partial charge in [0, 0.05) is 15.7 Å². The lowest BCUT2D eigenvalue weighted by atomic mass is 9.99. The Morgan fingerprint density at radius 1 is 1.37 bits per heavy atom. The van der Waals surface area contributed by atoms with Gasteiger partial charge in [-0.15, -0.1) is 11.8 Å². The van der Waals surface area contributed by atoms with Gasteiger partial charge >= 0.3 is 0 Å². The number of thioether (sulfide) groups is 1. The average Bonchev–Trinajstić information content (AvgIpc) is 2.78. The van der Waals surface area contributed by atoms with Gasteiger partial charge in [-0.2, -0.15) is 0 Å². The molecule has 0 spiro atoms. The van der Waals surface area contributed by atoms with Gasteiger partial charge in [0.05, 0.1) is 6.61 Å². The quantitative estimate of drug-likeness (QED) is 0.867. The predicted octanol–water partition coefficient (Wildman–Crippen LogP) is 3.29. The Bertz CT molecular complexity index is 435. The number of rotatable bonds is 5. The maximum absolute atomic E-state index is 9.64. The van der Waals surface area contributed by atoms with Gasteiger partial charge in [-0.1, -0.05) is 13.0 Å². The third-order valence-electron chi connectivity index (χ3n) is 4.20. The van der Waals surface area contributed by atoms with Gasteiger partial charge in [-0.25, -0.2) is 0 Å². The Balaban J connectivity index is 1.99. The highest BCUT2D eigenvalue weighted by Gasteiger charge is 2.38. The highest BCUT2D eigenvalue weighted by Crippen LogP contribution is 2.40. The van der Waals surface area contributed by atoms with Gasteiger partial charge in [0.25, 0.3) is 0 Å². The molecule has 2 atom stereocenters. The van der Waals surface area contributed by atoms with Crippen molar-refractivity contribution in [2.75, 3.05) is 13.2 Å². The maximum atomic E-state index is 9.64. The molecule has 2 unspecified atom stereocenters. The molecule has 2 N–H and O–H groups in total. The summed E-state index contributed by atoms with van der Waals surface area (Å²) in [4.78, 5) is 1.36. The van der Waals surface area contributed by atoms with E-state index in [1.54, 1.807) is 0 Å². The third kappa shape index (κ3) is 3.53. The van der Waals surface area contributed by atoms with Crippen molar-refractivity contribution in [3.63, 3.8) is 0 Å². The largest absolute Gasteiger partial charge is 0.394 e. The summed E-state index contributed by atoms with van der Waals surface area (Å²) in [5, 5.41) is 13.7. The fraction of sp³-hybridized carbons (Fsp3) is 0.625. The maximum Gasteiger partial charge on any atom is 0.0613 e. The van der Waals surface area contributed by atoms with Crippen LogP contribution in [-0.2, 0) is 0 Å². The van der Waals surface area contributed by atoms with E-state index in [9.17, 15) is 5.11 Å². The highest BCUT2D eigenvalue weighted by atomic mass is 32.2. The number of benzene rings is 1. The van der Waals surface area contributed by atoms with Crippen LogP contribution in [0.25, 0.3) is 0 Å². The highest BCUT2D eigenvalue weighted by molar-refractivity contribution is 8.00. The van der Waals surface area contributed by atoms with Crippen LogP contribution in [0.2, 0.25) is 0 Å². The van der Waals surface area contributed by atoms with Crippen molar-refractivity contribution < 1.29 is 5.11 Å². The molecule has 0 radical (unpaired) electrons. The summed E-state index contributed by atoms with van der Waals surface area (Å²) in [6.45, 7) is 7.62. The van der Waals surface area contributed by atoms with Crippen LogP contribution < -0.4 is 5.32 Å². The van der Waals surface area contributed by atoms with Gasteiger partial charge in [0.15, 0.2) is 0 Å². The molecule has 1 aromatic carbocycles. The number of likely N-dealkylation sites (N-methyl/N-ethyl adjacent to an activating group) is 1. The summed E-state index contributed by atoms with van der Waals surface area (Å²) in [5.41, 5.74) is 2.68. The van der Waals surface area contributed by atoms with Crippen LogP contribution in [0.3, 0.4) is 0 Å². The lowest BCUT2D eigenvalue weighted by molar-refractivity contribution is 0.167. The minimum atomic E-state index is -0.0356. The summed E-state index contributed by atoms with van der Waals surface area (Å²) in [6, 6.07) is 6.71. The second-order valence-corrected chi connectivity index (χ2v) is 7.07. The van der Waals surface area contributed by atoms with E-state index in [2.05, 4.69) is 44.3 Å². The number of hydrogen-bond donors (Lipinski definition) is 2. The first-order chi connectivity index (χ1) is 9.08. The van der Waals surface area contributed by atoms with Gasteiger partial charge in [-0.3, -0.25) is 0 Å². The first-order valence-electron chi connectivity index (χ1n) is 7.18. The molecule has 3 heteroatoms. The van der Waals surface area contributed by atoms with Crippen LogP contribution in [0.5, 0.6) is 0 Å². The molecule has 0 aromatic heterocycles. The molecule has 1 aliphatic carbocycles. The third-order valence-corrected chi connectivity index (χ3v) is 5.46. The SMILES string of the molecule is CCNC1(CO)CCC(Sc2ccc(C)c(C)c2)C1. The van der Waals surface area contributed by atoms with Gasteiger partial charge in [0.2, 0.25) is 0 Å². The van der Waals surface area contributed by atoms with Crippen molar-refractivity contribution in [2.45, 2.75) is 55.7 Å². The van der Waals surface area contributed by atoms with Crippen LogP contribution in [0.4, 0.5) is 0 Å². The number of aliphatic hydroxyl groups is 1. The van der Waals surface area contributed by atoms with Crippen LogP contribution in [-0.4, -0.2) is 29.0 Å². The lowest BCUT2D eigenvalue weighted by Crippen LogP contribution is -2.46. The van der Waals surface area contributed by atoms with E-state index >= 15 is 0 Å². The van der Waals surface area contributed by atoms with Gasteiger partial charge in [-0.05, 0) is 62.9 Å². The Morgan fingerprint density at radius 3 is 2.79 bits per heavy atom. The monoisotopic (exact) mass is 279 g/mol. The zero-order valence-electron chi connectivity index (χ0n) is 12.2. The van der Waals surface area contributed by atoms with Crippen molar-refractivity contribution in [2.24, 2.45) is 0 Å². The molecule has 2 rings (SSSR count). The molecule has 0 heterocycles. The van der Waals surface area contributed by atoms with E-state index in [1.807, 2.05) is 11.8 Å². The van der Waals surface area contributed by atoms with Crippen molar-refractivity contribution >= 4 is 11.8 Å². The zero-order chi connectivity index (χ0) is 13.9. The first-order valence-corrected chi connectivity index (χ1v) is 8.06. The van der Waals surface area contributed by atoms with E-state index in [0.29, 0.717) is 5.25 Å². The molecular formula is C16H25NOS. The zero-order valence-corrected chi connectivity index (χ0v) is 13.0. The summed E-state index contributed by atoms with van der Waals surface area (Å²) in [6.07, 6.45) is 3.33. The molecule has 1 aromatic rings. The summed E-state index contributed by atoms with van der Waals surface area (Å²) in [5.74, 6) is 0. The molecule has 19 heavy (non-hydrogen) atoms. The smallest absolute Gasteiger partial charge is 0.0613 e. The molecule has 0 amide bonds. The summed E-state index contributed by atoms with van der Waals surface area (Å²) < 4.78 is 0. The molecule has 0 bridgehead atoms. The number of hydrogen-bond acceptors (Lipinski definition) is 3. The molecule has 0 saturated heterocycles. The minimum Gasteiger partial charge on any atom is -0.394 e. The Hall–Kier alpha value is -0.510. The number of nitrogens with one attached hydrogen (secondary N) is 1. The molecule has 2 nitrogen and oxygen atoms in total. The lowest BCUT2D eigenvalue weighted by Gasteiger charge is -2.28. The van der Waals surface area contributed by atoms with Gasteiger partial charge < -0.3 is 10.4 Å². The minimum absolute atomic E-state index is 0.0356. The second kappa shape index (κ2) is 6.29. The standard InChI is InChI=1S/C16H25NOS/c1-4-17-16(11-18)8-7-15(10-16)19-14-6-5-12(2)13(3)9-14/h5-6,9,15,17-18H,4,7-8,10-11H2,1-3H3. The topological polar surface area (TPSA) is 32.3 Å². The van der Waals surface area contributed by atoms with Gasteiger partial charge in [0.1, 0.15) is 0 Å². The normalized spacial score (nSPS) is 26.8. The fourth-order valence-electron chi connectivity index (χ4n) is 2.89. The average molecular weight is 279 g/mol. The van der Waals surface area contributed by atoms with Crippen LogP contribution in [0.1, 0.15) is 37.3 Å². The Morgan fingerprint density at radius 2 is 2.16 bits per heavy atom. The van der Waals surface area contributed by atoms with E-state index in [0.717, 1.165) is 19.4 Å². The van der Waals surface area contributed by atoms with Crippen molar-refractivity contribution in [1.82, 2.24) is 5.32 Å². The Labute approximate surface area is 121 Å². The van der Waals surface area contributed by atoms with Crippen molar-refractivity contribution in [3.05, 3.63) is 29.3 Å². The number of aliphatic hydroxyl groups excluding tert-OH is 1. The van der Waals surface area contributed by atoms with E-state index < -0.39 is 0 Å². The predicted molar refractivity (Wildman–Crippen MR) is 82.9 cm³/mol. The molecule has 1 aliphatic rings. The van der Waals surface area contributed by atoms with Crippen molar-refractivity contribution in [3.8, 4) is 0 Å². The van der Waals surface area contributed by atoms with E-state index in [4.69, 9.17) is 0 Å². The molecular weight excluding hydrogens is 254 g/mol. The summed E-state index contributed by atoms with van der Waals surface area (Å²) >= 11 is 1.97. The molecule has 1 fully saturated rings. The van der Waals surface area contributed by atoms with Crippen LogP contribution in [0, 0.1) is 13.8 Å². The second-order valence-electron chi connectivity index (χ2n) is 5.70. The Kier molecular flexibility index (Phi) is 4.93. The first kappa shape index (κ1) is 14.9. The van der Waals surface area contributed by atoms with Crippen LogP contribution >= 0.6 is 11.8 Å². The number of aryl methyl sites for hydroxylation is 2. The van der Waals surface area contributed by atoms with E-state index in [-0.39, 0.29) is 12.1 Å². The molecule has 106 valence electrons. The van der Waals surface area contributed by atoms with Crippen LogP contribution in [0.15, 0.2) is 23.1 Å².